The second-order valence-corrected chi connectivity index (χ2v) is 19.9. The van der Waals surface area contributed by atoms with E-state index >= 15 is 0 Å². The van der Waals surface area contributed by atoms with E-state index in [0.29, 0.717) is 40.9 Å². The van der Waals surface area contributed by atoms with E-state index in [-0.39, 0.29) is 95.4 Å². The summed E-state index contributed by atoms with van der Waals surface area (Å²) < 4.78 is 124. The van der Waals surface area contributed by atoms with E-state index in [4.69, 9.17) is 28.0 Å². The van der Waals surface area contributed by atoms with Gasteiger partial charge in [-0.15, -0.1) is 5.06 Å². The second-order valence-electron chi connectivity index (χ2n) is 15.3. The average Bonchev–Trinajstić information content (AvgIpc) is 3.67. The van der Waals surface area contributed by atoms with Crippen molar-refractivity contribution in [1.82, 2.24) is 9.64 Å². The zero-order valence-electron chi connectivity index (χ0n) is 36.0. The molecule has 1 atom stereocenters. The fraction of sp³-hybridized carbons (Fsp3) is 0.476. The van der Waals surface area contributed by atoms with E-state index in [2.05, 4.69) is 0 Å². The van der Waals surface area contributed by atoms with Gasteiger partial charge in [0.25, 0.3) is 42.2 Å². The van der Waals surface area contributed by atoms with Crippen molar-refractivity contribution in [2.75, 3.05) is 75.7 Å². The van der Waals surface area contributed by atoms with Gasteiger partial charge >= 0.3 is 5.97 Å². The topological polar surface area (TPSA) is 274 Å². The summed E-state index contributed by atoms with van der Waals surface area (Å²) in [5.74, 6) is -2.27. The predicted octanol–water partition coefficient (Wildman–Crippen LogP) is 3.09. The van der Waals surface area contributed by atoms with E-state index in [1.165, 1.54) is 18.4 Å². The Morgan fingerprint density at radius 3 is 2.14 bits per heavy atom. The van der Waals surface area contributed by atoms with Gasteiger partial charge in [0.15, 0.2) is 0 Å². The zero-order chi connectivity index (χ0) is 47.4. The van der Waals surface area contributed by atoms with Crippen molar-refractivity contribution < 1.29 is 76.8 Å². The summed E-state index contributed by atoms with van der Waals surface area (Å²) in [7, 11) is -13.0. The minimum atomic E-state index is -4.62. The van der Waals surface area contributed by atoms with Gasteiger partial charge in [-0.05, 0) is 74.2 Å². The van der Waals surface area contributed by atoms with Crippen LogP contribution in [-0.2, 0) is 69.2 Å². The molecule has 0 aromatic heterocycles. The molecule has 1 aliphatic carbocycles. The summed E-state index contributed by atoms with van der Waals surface area (Å²) in [6.45, 7) is 5.84. The minimum Gasteiger partial charge on any atom is -0.464 e. The molecule has 1 aromatic carbocycles. The van der Waals surface area contributed by atoms with Crippen LogP contribution in [0.1, 0.15) is 63.5 Å². The number of benzene rings is 2. The molecule has 1 fully saturated rings. The molecule has 0 saturated carbocycles. The number of ether oxygens (including phenoxy) is 3. The standard InChI is InChI=1S/C42H53N3O17S3/c1-3-43(18-6-28-64(52,53)54)32-9-11-34-31(15-21-61-37(34)29-32)7-4-8-38-42(2,17-5-27-63(49,50)51)35-30-33(65(55,56)57)10-12-36(35)44(38)19-22-59-24-26-60-25-23-58-20-16-41(48)62-45-39(46)13-14-40(45)47/h4,7-12,15,21,29-30H,3,5-6,13-14,16-20,22-28H2,1-2H3,(H2-,49,50,51,52,53,54,55,56,57)/p+1. The number of amides is 2. The maximum absolute atomic E-state index is 12.3. The molecule has 3 aliphatic heterocycles. The van der Waals surface area contributed by atoms with E-state index in [9.17, 15) is 48.7 Å². The Labute approximate surface area is 377 Å². The highest BCUT2D eigenvalue weighted by Gasteiger charge is 2.44. The molecule has 1 aromatic rings. The second kappa shape index (κ2) is 22.6. The molecule has 1 saturated heterocycles. The van der Waals surface area contributed by atoms with Crippen LogP contribution >= 0.6 is 0 Å². The molecular formula is C42H54N3O17S3+. The fourth-order valence-corrected chi connectivity index (χ4v) is 9.08. The summed E-state index contributed by atoms with van der Waals surface area (Å²) in [5.41, 5.74) is 2.28. The highest BCUT2D eigenvalue weighted by Crippen LogP contribution is 2.51. The number of hydrogen-bond donors (Lipinski definition) is 3. The van der Waals surface area contributed by atoms with Crippen LogP contribution in [0.3, 0.4) is 0 Å². The number of hydrogen-bond acceptors (Lipinski definition) is 15. The first-order chi connectivity index (χ1) is 30.7. The van der Waals surface area contributed by atoms with Crippen molar-refractivity contribution in [3.63, 3.8) is 0 Å². The van der Waals surface area contributed by atoms with Gasteiger partial charge in [0.2, 0.25) is 5.36 Å². The van der Waals surface area contributed by atoms with Gasteiger partial charge in [-0.1, -0.05) is 12.2 Å². The molecule has 2 amide bonds. The van der Waals surface area contributed by atoms with Crippen LogP contribution in [0.4, 0.5) is 5.69 Å². The number of carbonyl (C=O) groups is 3. The van der Waals surface area contributed by atoms with Gasteiger partial charge in [0, 0.05) is 54.2 Å². The van der Waals surface area contributed by atoms with E-state index in [1.807, 2.05) is 53.7 Å². The Morgan fingerprint density at radius 1 is 0.846 bits per heavy atom. The van der Waals surface area contributed by atoms with E-state index in [0.717, 1.165) is 16.5 Å². The van der Waals surface area contributed by atoms with E-state index < -0.39 is 59.3 Å². The number of rotatable bonds is 25. The third-order valence-electron chi connectivity index (χ3n) is 10.8. The lowest BCUT2D eigenvalue weighted by Crippen LogP contribution is -2.32. The number of fused-ring (bicyclic) bond motifs is 2. The predicted molar refractivity (Wildman–Crippen MR) is 235 cm³/mol. The van der Waals surface area contributed by atoms with Crippen molar-refractivity contribution in [3.8, 4) is 11.3 Å². The third kappa shape index (κ3) is 14.6. The summed E-state index contributed by atoms with van der Waals surface area (Å²) in [4.78, 5) is 41.5. The zero-order valence-corrected chi connectivity index (χ0v) is 38.4. The largest absolute Gasteiger partial charge is 0.464 e. The number of nitrogens with zero attached hydrogens (tertiary/aromatic N) is 3. The lowest BCUT2D eigenvalue weighted by Gasteiger charge is -2.30. The van der Waals surface area contributed by atoms with Crippen molar-refractivity contribution in [1.29, 1.82) is 0 Å². The first-order valence-corrected chi connectivity index (χ1v) is 25.4. The average molecular weight is 969 g/mol. The lowest BCUT2D eigenvalue weighted by atomic mass is 9.77. The van der Waals surface area contributed by atoms with Crippen molar-refractivity contribution in [2.24, 2.45) is 0 Å². The Hall–Kier alpha value is -4.85. The third-order valence-corrected chi connectivity index (χ3v) is 13.2. The molecule has 0 spiro atoms. The molecule has 3 N–H and O–H groups in total. The molecule has 23 heteroatoms. The Bertz CT molecular complexity index is 2630. The van der Waals surface area contributed by atoms with Gasteiger partial charge in [-0.2, -0.15) is 25.3 Å². The highest BCUT2D eigenvalue weighted by atomic mass is 32.2. The summed E-state index contributed by atoms with van der Waals surface area (Å²) >= 11 is 0. The molecule has 1 unspecified atom stereocenters. The fourth-order valence-electron chi connectivity index (χ4n) is 7.57. The normalized spacial score (nSPS) is 18.1. The highest BCUT2D eigenvalue weighted by molar-refractivity contribution is 7.86. The summed E-state index contributed by atoms with van der Waals surface area (Å²) in [6.07, 6.45) is 7.22. The number of anilines is 1. The molecule has 356 valence electrons. The first kappa shape index (κ1) is 51.1. The van der Waals surface area contributed by atoms with Gasteiger partial charge in [-0.3, -0.25) is 23.2 Å². The van der Waals surface area contributed by atoms with Gasteiger partial charge in [-0.25, -0.2) is 9.37 Å². The molecule has 5 rings (SSSR count). The van der Waals surface area contributed by atoms with Crippen molar-refractivity contribution in [3.05, 3.63) is 83.1 Å². The van der Waals surface area contributed by atoms with Gasteiger partial charge in [0.05, 0.1) is 74.8 Å². The maximum Gasteiger partial charge on any atom is 0.335 e. The molecule has 3 heterocycles. The molecule has 20 nitrogen and oxygen atoms in total. The SMILES string of the molecule is CC[N+](CCCS(=O)(=O)O)=c1ccc2c(/C=C/C=C3/N(CCOCCOCCOCCC(=O)ON4C(=O)CCC4=O)c4ccc(S(=O)(=O)O)cc4C3(C)CCCS(=O)(=O)O)ccoc-2c1. The number of imide groups is 1. The minimum absolute atomic E-state index is 0.00323. The lowest BCUT2D eigenvalue weighted by molar-refractivity contribution is -0.198. The first-order valence-electron chi connectivity index (χ1n) is 20.8. The van der Waals surface area contributed by atoms with E-state index in [1.54, 1.807) is 18.2 Å². The summed E-state index contributed by atoms with van der Waals surface area (Å²) in [5, 5.41) is 1.27. The van der Waals surface area contributed by atoms with Crippen molar-refractivity contribution in [2.45, 2.75) is 62.7 Å². The van der Waals surface area contributed by atoms with Crippen LogP contribution in [0.15, 0.2) is 75.9 Å². The Kier molecular flexibility index (Phi) is 17.8. The molecule has 65 heavy (non-hydrogen) atoms. The smallest absolute Gasteiger partial charge is 0.335 e. The Balaban J connectivity index is 1.29. The van der Waals surface area contributed by atoms with Gasteiger partial charge < -0.3 is 28.4 Å². The molecule has 0 radical (unpaired) electrons. The monoisotopic (exact) mass is 968 g/mol. The number of hydroxylamine groups is 2. The van der Waals surface area contributed by atoms with Crippen LogP contribution in [-0.4, -0.2) is 133 Å². The molecule has 0 bridgehead atoms. The van der Waals surface area contributed by atoms with Crippen LogP contribution in [0.2, 0.25) is 0 Å². The Morgan fingerprint density at radius 2 is 1.49 bits per heavy atom. The van der Waals surface area contributed by atoms with Crippen LogP contribution in [0, 0.1) is 0 Å². The molecule has 4 aliphatic rings. The van der Waals surface area contributed by atoms with Gasteiger partial charge in [0.1, 0.15) is 18.8 Å². The van der Waals surface area contributed by atoms with Crippen molar-refractivity contribution >= 4 is 59.9 Å². The van der Waals surface area contributed by atoms with Crippen LogP contribution in [0.25, 0.3) is 17.4 Å². The molecular weight excluding hydrogens is 915 g/mol. The summed E-state index contributed by atoms with van der Waals surface area (Å²) in [6, 6.07) is 11.6. The van der Waals surface area contributed by atoms with Crippen LogP contribution < -0.4 is 14.8 Å². The number of carbonyl (C=O) groups excluding carboxylic acids is 3. The maximum atomic E-state index is 12.3. The quantitative estimate of drug-likeness (QED) is 0.0476. The number of allylic oxidation sites excluding steroid dienone is 3. The van der Waals surface area contributed by atoms with Crippen LogP contribution in [0.5, 0.6) is 0 Å².